The summed E-state index contributed by atoms with van der Waals surface area (Å²) >= 11 is 0. The highest BCUT2D eigenvalue weighted by molar-refractivity contribution is 5.96. The molecule has 0 unspecified atom stereocenters. The van der Waals surface area contributed by atoms with E-state index in [1.807, 2.05) is 53.6 Å². The van der Waals surface area contributed by atoms with E-state index in [1.54, 1.807) is 6.20 Å². The first kappa shape index (κ1) is 19.3. The van der Waals surface area contributed by atoms with Crippen molar-refractivity contribution in [2.24, 2.45) is 5.92 Å². The lowest BCUT2D eigenvalue weighted by molar-refractivity contribution is 0.0523. The van der Waals surface area contributed by atoms with Crippen LogP contribution in [0.15, 0.2) is 67.3 Å². The number of aromatic nitrogens is 4. The van der Waals surface area contributed by atoms with E-state index in [9.17, 15) is 4.79 Å². The van der Waals surface area contributed by atoms with Crippen LogP contribution in [0.25, 0.3) is 11.0 Å². The standard InChI is InChI=1S/C26H27N5O/c32-26(24-5-2-1-4-21(24)17-30-11-3-9-29-30)31-22-6-7-23(31)15-18(14-22)12-19-13-20-8-10-27-25(20)28-16-19/h1-5,8-11,13,16,18,22-23H,6-7,12,14-15,17H2,(H,27,28)/t22-,23-/m0/s1. The topological polar surface area (TPSA) is 66.8 Å². The average molecular weight is 426 g/mol. The summed E-state index contributed by atoms with van der Waals surface area (Å²) in [6.45, 7) is 0.620. The van der Waals surface area contributed by atoms with Gasteiger partial charge in [-0.1, -0.05) is 18.2 Å². The molecule has 2 atom stereocenters. The van der Waals surface area contributed by atoms with Gasteiger partial charge in [0.2, 0.25) is 0 Å². The number of benzene rings is 1. The fourth-order valence-corrected chi connectivity index (χ4v) is 5.79. The second kappa shape index (κ2) is 7.93. The van der Waals surface area contributed by atoms with Gasteiger partial charge in [0, 0.05) is 47.8 Å². The predicted octanol–water partition coefficient (Wildman–Crippen LogP) is 4.43. The summed E-state index contributed by atoms with van der Waals surface area (Å²) in [7, 11) is 0. The second-order valence-electron chi connectivity index (χ2n) is 9.26. The SMILES string of the molecule is O=C(c1ccccc1Cn1cccn1)N1[C@H]2CC[C@H]1CC(Cc1cnc3[nH]ccc3c1)C2. The Morgan fingerprint density at radius 2 is 1.94 bits per heavy atom. The molecule has 6 nitrogen and oxygen atoms in total. The van der Waals surface area contributed by atoms with Crippen LogP contribution in [0.1, 0.15) is 47.2 Å². The number of H-pyrrole nitrogens is 1. The van der Waals surface area contributed by atoms with E-state index in [0.717, 1.165) is 48.9 Å². The average Bonchev–Trinajstić information content (AvgIpc) is 3.54. The summed E-state index contributed by atoms with van der Waals surface area (Å²) < 4.78 is 1.88. The van der Waals surface area contributed by atoms with Crippen LogP contribution in [0, 0.1) is 5.92 Å². The Morgan fingerprint density at radius 1 is 1.09 bits per heavy atom. The van der Waals surface area contributed by atoms with Crippen molar-refractivity contribution in [3.63, 3.8) is 0 Å². The van der Waals surface area contributed by atoms with Crippen molar-refractivity contribution in [1.29, 1.82) is 0 Å². The number of carbonyl (C=O) groups is 1. The van der Waals surface area contributed by atoms with Crippen molar-refractivity contribution in [3.05, 3.63) is 83.9 Å². The van der Waals surface area contributed by atoms with Crippen molar-refractivity contribution in [2.75, 3.05) is 0 Å². The number of fused-ring (bicyclic) bond motifs is 3. The van der Waals surface area contributed by atoms with Gasteiger partial charge < -0.3 is 9.88 Å². The number of aromatic amines is 1. The maximum absolute atomic E-state index is 13.7. The smallest absolute Gasteiger partial charge is 0.254 e. The number of nitrogens with one attached hydrogen (secondary N) is 1. The zero-order chi connectivity index (χ0) is 21.5. The maximum atomic E-state index is 13.7. The summed E-state index contributed by atoms with van der Waals surface area (Å²) in [5.74, 6) is 0.795. The first-order valence-corrected chi connectivity index (χ1v) is 11.5. The van der Waals surface area contributed by atoms with Crippen molar-refractivity contribution in [1.82, 2.24) is 24.6 Å². The van der Waals surface area contributed by atoms with E-state index in [0.29, 0.717) is 24.5 Å². The van der Waals surface area contributed by atoms with E-state index in [4.69, 9.17) is 0 Å². The number of amides is 1. The van der Waals surface area contributed by atoms with Gasteiger partial charge in [-0.25, -0.2) is 4.98 Å². The van der Waals surface area contributed by atoms with Gasteiger partial charge in [0.1, 0.15) is 5.65 Å². The molecule has 3 aromatic heterocycles. The fourth-order valence-electron chi connectivity index (χ4n) is 5.79. The minimum atomic E-state index is 0.189. The molecule has 32 heavy (non-hydrogen) atoms. The van der Waals surface area contributed by atoms with Crippen LogP contribution >= 0.6 is 0 Å². The molecule has 2 aliphatic rings. The Morgan fingerprint density at radius 3 is 2.75 bits per heavy atom. The molecular weight excluding hydrogens is 398 g/mol. The number of carbonyl (C=O) groups excluding carboxylic acids is 1. The van der Waals surface area contributed by atoms with Gasteiger partial charge in [0.05, 0.1) is 6.54 Å². The van der Waals surface area contributed by atoms with Crippen molar-refractivity contribution in [2.45, 2.75) is 50.7 Å². The van der Waals surface area contributed by atoms with Crippen molar-refractivity contribution in [3.8, 4) is 0 Å². The van der Waals surface area contributed by atoms with Gasteiger partial charge in [0.15, 0.2) is 0 Å². The van der Waals surface area contributed by atoms with Crippen LogP contribution in [-0.4, -0.2) is 42.6 Å². The number of nitrogens with zero attached hydrogens (tertiary/aromatic N) is 4. The van der Waals surface area contributed by atoms with Crippen LogP contribution in [0.4, 0.5) is 0 Å². The monoisotopic (exact) mass is 425 g/mol. The molecule has 162 valence electrons. The van der Waals surface area contributed by atoms with Crippen LogP contribution in [0.3, 0.4) is 0 Å². The normalized spacial score (nSPS) is 22.5. The Bertz CT molecular complexity index is 1230. The molecule has 2 saturated heterocycles. The number of hydrogen-bond donors (Lipinski definition) is 1. The molecule has 6 rings (SSSR count). The molecule has 5 heterocycles. The third-order valence-electron chi connectivity index (χ3n) is 7.19. The number of hydrogen-bond acceptors (Lipinski definition) is 3. The lowest BCUT2D eigenvalue weighted by Crippen LogP contribution is -2.47. The quantitative estimate of drug-likeness (QED) is 0.514. The minimum absolute atomic E-state index is 0.189. The lowest BCUT2D eigenvalue weighted by Gasteiger charge is -2.39. The van der Waals surface area contributed by atoms with Gasteiger partial charge in [-0.2, -0.15) is 5.10 Å². The van der Waals surface area contributed by atoms with Gasteiger partial charge in [0.25, 0.3) is 5.91 Å². The molecule has 1 amide bonds. The molecule has 2 fully saturated rings. The molecule has 1 N–H and O–H groups in total. The van der Waals surface area contributed by atoms with E-state index < -0.39 is 0 Å². The molecule has 2 bridgehead atoms. The number of piperidine rings is 1. The van der Waals surface area contributed by atoms with E-state index in [2.05, 4.69) is 32.1 Å². The maximum Gasteiger partial charge on any atom is 0.254 e. The third-order valence-corrected chi connectivity index (χ3v) is 7.19. The molecular formula is C26H27N5O. The summed E-state index contributed by atoms with van der Waals surface area (Å²) in [6.07, 6.45) is 13.1. The molecule has 0 spiro atoms. The number of pyridine rings is 1. The Labute approximate surface area is 187 Å². The van der Waals surface area contributed by atoms with Crippen LogP contribution < -0.4 is 0 Å². The van der Waals surface area contributed by atoms with Crippen LogP contribution in [0.2, 0.25) is 0 Å². The van der Waals surface area contributed by atoms with Crippen LogP contribution in [-0.2, 0) is 13.0 Å². The molecule has 0 aliphatic carbocycles. The van der Waals surface area contributed by atoms with Gasteiger partial charge in [-0.15, -0.1) is 0 Å². The van der Waals surface area contributed by atoms with Gasteiger partial charge in [-0.3, -0.25) is 9.48 Å². The lowest BCUT2D eigenvalue weighted by atomic mass is 9.85. The molecule has 1 aromatic carbocycles. The molecule has 0 saturated carbocycles. The van der Waals surface area contributed by atoms with Gasteiger partial charge >= 0.3 is 0 Å². The van der Waals surface area contributed by atoms with Crippen molar-refractivity contribution < 1.29 is 4.79 Å². The summed E-state index contributed by atoms with van der Waals surface area (Å²) in [6, 6.07) is 14.9. The highest BCUT2D eigenvalue weighted by Gasteiger charge is 2.43. The second-order valence-corrected chi connectivity index (χ2v) is 9.26. The summed E-state index contributed by atoms with van der Waals surface area (Å²) in [5, 5.41) is 5.49. The van der Waals surface area contributed by atoms with E-state index in [-0.39, 0.29) is 5.91 Å². The van der Waals surface area contributed by atoms with Gasteiger partial charge in [-0.05, 0) is 73.4 Å². The molecule has 6 heteroatoms. The summed E-state index contributed by atoms with van der Waals surface area (Å²) in [5.41, 5.74) is 4.10. The Balaban J connectivity index is 1.19. The zero-order valence-electron chi connectivity index (χ0n) is 18.0. The van der Waals surface area contributed by atoms with Crippen LogP contribution in [0.5, 0.6) is 0 Å². The minimum Gasteiger partial charge on any atom is -0.346 e. The van der Waals surface area contributed by atoms with Crippen molar-refractivity contribution >= 4 is 16.9 Å². The van der Waals surface area contributed by atoms with E-state index in [1.165, 1.54) is 10.9 Å². The first-order chi connectivity index (χ1) is 15.7. The molecule has 2 aliphatic heterocycles. The fraction of sp³-hybridized carbons (Fsp3) is 0.346. The zero-order valence-corrected chi connectivity index (χ0v) is 18.0. The molecule has 0 radical (unpaired) electrons. The predicted molar refractivity (Wildman–Crippen MR) is 123 cm³/mol. The third kappa shape index (κ3) is 3.49. The summed E-state index contributed by atoms with van der Waals surface area (Å²) in [4.78, 5) is 23.6. The first-order valence-electron chi connectivity index (χ1n) is 11.5. The highest BCUT2D eigenvalue weighted by Crippen LogP contribution is 2.41. The Hall–Kier alpha value is -3.41. The number of rotatable bonds is 5. The Kier molecular flexibility index (Phi) is 4.78. The molecule has 4 aromatic rings. The largest absolute Gasteiger partial charge is 0.346 e. The highest BCUT2D eigenvalue weighted by atomic mass is 16.2. The van der Waals surface area contributed by atoms with E-state index >= 15 is 0 Å².